The molecular formula is C23H29N5O3. The lowest BCUT2D eigenvalue weighted by Crippen LogP contribution is -2.37. The van der Waals surface area contributed by atoms with E-state index < -0.39 is 0 Å². The van der Waals surface area contributed by atoms with Crippen LogP contribution < -0.4 is 15.1 Å². The third-order valence-corrected chi connectivity index (χ3v) is 5.94. The van der Waals surface area contributed by atoms with Crippen molar-refractivity contribution in [3.8, 4) is 0 Å². The van der Waals surface area contributed by atoms with Crippen LogP contribution in [-0.2, 0) is 20.9 Å². The van der Waals surface area contributed by atoms with Crippen molar-refractivity contribution in [3.05, 3.63) is 46.9 Å². The molecule has 31 heavy (non-hydrogen) atoms. The maximum absolute atomic E-state index is 12.8. The van der Waals surface area contributed by atoms with Gasteiger partial charge in [-0.25, -0.2) is 9.97 Å². The molecule has 0 saturated carbocycles. The number of amides is 2. The second-order valence-corrected chi connectivity index (χ2v) is 8.27. The van der Waals surface area contributed by atoms with Crippen LogP contribution in [0.3, 0.4) is 0 Å². The number of nitrogens with zero attached hydrogens (tertiary/aromatic N) is 4. The highest BCUT2D eigenvalue weighted by molar-refractivity contribution is 6.00. The topological polar surface area (TPSA) is 87.7 Å². The van der Waals surface area contributed by atoms with Crippen LogP contribution in [0.15, 0.2) is 24.3 Å². The minimum atomic E-state index is -0.377. The Hall–Kier alpha value is -3.00. The number of hydrogen-bond acceptors (Lipinski definition) is 6. The van der Waals surface area contributed by atoms with Crippen molar-refractivity contribution in [1.29, 1.82) is 0 Å². The second-order valence-electron chi connectivity index (χ2n) is 8.27. The van der Waals surface area contributed by atoms with Crippen molar-refractivity contribution in [2.24, 2.45) is 5.92 Å². The van der Waals surface area contributed by atoms with Crippen LogP contribution in [0.5, 0.6) is 0 Å². The smallest absolute Gasteiger partial charge is 0.227 e. The van der Waals surface area contributed by atoms with E-state index in [1.165, 1.54) is 5.56 Å². The van der Waals surface area contributed by atoms with Gasteiger partial charge in [-0.2, -0.15) is 0 Å². The molecule has 2 amide bonds. The van der Waals surface area contributed by atoms with E-state index in [0.29, 0.717) is 25.6 Å². The number of benzene rings is 1. The Balaban J connectivity index is 1.38. The Morgan fingerprint density at radius 3 is 2.65 bits per heavy atom. The number of carbonyl (C=O) groups excluding carboxylic acids is 2. The predicted molar refractivity (Wildman–Crippen MR) is 118 cm³/mol. The van der Waals surface area contributed by atoms with Crippen molar-refractivity contribution in [1.82, 2.24) is 15.3 Å². The number of aryl methyl sites for hydroxylation is 3. The maximum Gasteiger partial charge on any atom is 0.227 e. The van der Waals surface area contributed by atoms with E-state index in [1.54, 1.807) is 4.90 Å². The first-order valence-corrected chi connectivity index (χ1v) is 10.7. The first-order chi connectivity index (χ1) is 14.9. The van der Waals surface area contributed by atoms with Crippen LogP contribution >= 0.6 is 0 Å². The molecule has 2 fully saturated rings. The van der Waals surface area contributed by atoms with Crippen LogP contribution in [0.4, 0.5) is 11.5 Å². The summed E-state index contributed by atoms with van der Waals surface area (Å²) in [6, 6.07) is 7.90. The van der Waals surface area contributed by atoms with Gasteiger partial charge in [0.2, 0.25) is 11.8 Å². The van der Waals surface area contributed by atoms with Gasteiger partial charge in [-0.15, -0.1) is 0 Å². The monoisotopic (exact) mass is 423 g/mol. The molecule has 2 aromatic rings. The molecule has 164 valence electrons. The fraction of sp³-hybridized carbons (Fsp3) is 0.478. The second kappa shape index (κ2) is 9.01. The number of carbonyl (C=O) groups is 2. The van der Waals surface area contributed by atoms with E-state index >= 15 is 0 Å². The Morgan fingerprint density at radius 1 is 1.13 bits per heavy atom. The van der Waals surface area contributed by atoms with Crippen LogP contribution in [0.2, 0.25) is 0 Å². The first kappa shape index (κ1) is 21.2. The third-order valence-electron chi connectivity index (χ3n) is 5.94. The molecule has 2 aliphatic heterocycles. The molecule has 1 aromatic carbocycles. The van der Waals surface area contributed by atoms with Crippen molar-refractivity contribution < 1.29 is 14.3 Å². The van der Waals surface area contributed by atoms with Crippen molar-refractivity contribution in [3.63, 3.8) is 0 Å². The van der Waals surface area contributed by atoms with Gasteiger partial charge in [0.05, 0.1) is 25.7 Å². The zero-order chi connectivity index (χ0) is 22.0. The fourth-order valence-corrected chi connectivity index (χ4v) is 3.98. The van der Waals surface area contributed by atoms with E-state index in [9.17, 15) is 9.59 Å². The minimum absolute atomic E-state index is 0.0233. The van der Waals surface area contributed by atoms with Crippen molar-refractivity contribution in [2.75, 3.05) is 42.6 Å². The van der Waals surface area contributed by atoms with Gasteiger partial charge in [0, 0.05) is 43.5 Å². The lowest BCUT2D eigenvalue weighted by atomic mass is 10.1. The molecule has 4 rings (SSSR count). The zero-order valence-electron chi connectivity index (χ0n) is 18.4. The third kappa shape index (κ3) is 4.85. The number of morpholine rings is 1. The maximum atomic E-state index is 12.8. The normalized spacial score (nSPS) is 19.1. The van der Waals surface area contributed by atoms with Gasteiger partial charge < -0.3 is 19.9 Å². The summed E-state index contributed by atoms with van der Waals surface area (Å²) < 4.78 is 5.41. The van der Waals surface area contributed by atoms with E-state index in [0.717, 1.165) is 35.9 Å². The molecule has 3 heterocycles. The van der Waals surface area contributed by atoms with Crippen LogP contribution in [-0.4, -0.2) is 54.6 Å². The number of rotatable bonds is 5. The van der Waals surface area contributed by atoms with Gasteiger partial charge in [-0.05, 0) is 44.0 Å². The molecule has 1 aromatic heterocycles. The number of aromatic nitrogens is 2. The van der Waals surface area contributed by atoms with Crippen LogP contribution in [0, 0.1) is 26.7 Å². The molecule has 0 aliphatic carbocycles. The molecule has 8 nitrogen and oxygen atoms in total. The first-order valence-electron chi connectivity index (χ1n) is 10.7. The lowest BCUT2D eigenvalue weighted by molar-refractivity contribution is -0.126. The average Bonchev–Trinajstić information content (AvgIpc) is 3.16. The Labute approximate surface area is 182 Å². The zero-order valence-corrected chi connectivity index (χ0v) is 18.4. The molecule has 1 atom stereocenters. The van der Waals surface area contributed by atoms with E-state index in [-0.39, 0.29) is 30.7 Å². The quantitative estimate of drug-likeness (QED) is 0.791. The van der Waals surface area contributed by atoms with E-state index in [4.69, 9.17) is 4.74 Å². The largest absolute Gasteiger partial charge is 0.378 e. The molecule has 1 unspecified atom stereocenters. The molecule has 8 heteroatoms. The van der Waals surface area contributed by atoms with Gasteiger partial charge in [0.1, 0.15) is 11.6 Å². The highest BCUT2D eigenvalue weighted by atomic mass is 16.5. The Bertz CT molecular complexity index is 987. The van der Waals surface area contributed by atoms with E-state index in [1.807, 2.05) is 45.0 Å². The molecule has 1 N–H and O–H groups in total. The summed E-state index contributed by atoms with van der Waals surface area (Å²) in [6.45, 7) is 9.57. The van der Waals surface area contributed by atoms with Gasteiger partial charge in [0.15, 0.2) is 0 Å². The predicted octanol–water partition coefficient (Wildman–Crippen LogP) is 1.91. The summed E-state index contributed by atoms with van der Waals surface area (Å²) in [7, 11) is 0. The SMILES string of the molecule is Cc1cc(N2CCOCC2)nc(CNC(=O)C2CC(=O)N(c3ccc(C)c(C)c3)C2)n1. The standard InChI is InChI=1S/C23H29N5O3/c1-15-4-5-19(10-16(15)2)28-14-18(12-22(28)29)23(30)24-13-20-25-17(3)11-21(26-20)27-6-8-31-9-7-27/h4-5,10-11,18H,6-9,12-14H2,1-3H3,(H,24,30). The number of anilines is 2. The Morgan fingerprint density at radius 2 is 1.90 bits per heavy atom. The summed E-state index contributed by atoms with van der Waals surface area (Å²) in [5.41, 5.74) is 4.02. The molecule has 2 saturated heterocycles. The van der Waals surface area contributed by atoms with Crippen molar-refractivity contribution >= 4 is 23.3 Å². The fourth-order valence-electron chi connectivity index (χ4n) is 3.98. The number of ether oxygens (including phenoxy) is 1. The number of nitrogens with one attached hydrogen (secondary N) is 1. The highest BCUT2D eigenvalue weighted by Crippen LogP contribution is 2.27. The van der Waals surface area contributed by atoms with Crippen molar-refractivity contribution in [2.45, 2.75) is 33.7 Å². The van der Waals surface area contributed by atoms with Gasteiger partial charge in [-0.3, -0.25) is 9.59 Å². The Kier molecular flexibility index (Phi) is 6.18. The molecule has 0 radical (unpaired) electrons. The van der Waals surface area contributed by atoms with Gasteiger partial charge in [-0.1, -0.05) is 6.07 Å². The van der Waals surface area contributed by atoms with Gasteiger partial charge >= 0.3 is 0 Å². The summed E-state index contributed by atoms with van der Waals surface area (Å²) in [4.78, 5) is 38.2. The molecule has 0 bridgehead atoms. The lowest BCUT2D eigenvalue weighted by Gasteiger charge is -2.28. The van der Waals surface area contributed by atoms with Gasteiger partial charge in [0.25, 0.3) is 0 Å². The molecule has 2 aliphatic rings. The highest BCUT2D eigenvalue weighted by Gasteiger charge is 2.35. The van der Waals surface area contributed by atoms with E-state index in [2.05, 4.69) is 20.2 Å². The molecular weight excluding hydrogens is 394 g/mol. The summed E-state index contributed by atoms with van der Waals surface area (Å²) in [5, 5.41) is 2.93. The summed E-state index contributed by atoms with van der Waals surface area (Å²) in [6.07, 6.45) is 0.215. The molecule has 0 spiro atoms. The minimum Gasteiger partial charge on any atom is -0.378 e. The van der Waals surface area contributed by atoms with Crippen LogP contribution in [0.25, 0.3) is 0 Å². The summed E-state index contributed by atoms with van der Waals surface area (Å²) >= 11 is 0. The number of hydrogen-bond donors (Lipinski definition) is 1. The summed E-state index contributed by atoms with van der Waals surface area (Å²) in [5.74, 6) is 0.891. The average molecular weight is 424 g/mol. The van der Waals surface area contributed by atoms with Crippen LogP contribution in [0.1, 0.15) is 29.1 Å².